The number of aromatic nitrogens is 2. The van der Waals surface area contributed by atoms with Gasteiger partial charge >= 0.3 is 51.4 Å². The zero-order valence-corrected chi connectivity index (χ0v) is 2.68. The summed E-state index contributed by atoms with van der Waals surface area (Å²) in [4.78, 5) is 0. The van der Waals surface area contributed by atoms with Gasteiger partial charge in [-0.3, -0.25) is 5.10 Å². The number of hydrogen-bond acceptors (Lipinski definition) is 1. The molecule has 3 heteroatoms. The predicted molar refractivity (Wildman–Crippen MR) is 25.7 cm³/mol. The van der Waals surface area contributed by atoms with Gasteiger partial charge in [-0.15, -0.1) is 0 Å². The first-order chi connectivity index (χ1) is 2.50. The molecule has 0 radical (unpaired) electrons. The van der Waals surface area contributed by atoms with Gasteiger partial charge in [-0.05, 0) is 6.07 Å². The molecular weight excluding hydrogens is 103 g/mol. The van der Waals surface area contributed by atoms with Gasteiger partial charge in [-0.25, -0.2) is 0 Å². The molecular formula is C3H5KN2. The molecule has 0 unspecified atom stereocenters. The van der Waals surface area contributed by atoms with E-state index in [9.17, 15) is 0 Å². The SMILES string of the molecule is [KH].c1cn[nH]c1. The number of nitrogens with one attached hydrogen (secondary N) is 1. The minimum Gasteiger partial charge on any atom is -0.286 e. The zero-order chi connectivity index (χ0) is 3.54. The Hall–Kier alpha value is 0.846. The molecule has 0 aliphatic heterocycles. The largest absolute Gasteiger partial charge is 0.286 e. The van der Waals surface area contributed by atoms with Crippen LogP contribution in [-0.4, -0.2) is 61.6 Å². The monoisotopic (exact) mass is 108 g/mol. The summed E-state index contributed by atoms with van der Waals surface area (Å²) in [6.45, 7) is 0. The van der Waals surface area contributed by atoms with E-state index in [1.807, 2.05) is 6.07 Å². The van der Waals surface area contributed by atoms with Crippen LogP contribution in [-0.2, 0) is 0 Å². The Morgan fingerprint density at radius 1 is 1.50 bits per heavy atom. The van der Waals surface area contributed by atoms with Crippen LogP contribution >= 0.6 is 0 Å². The third kappa shape index (κ3) is 2.10. The van der Waals surface area contributed by atoms with Crippen LogP contribution in [0.1, 0.15) is 0 Å². The van der Waals surface area contributed by atoms with Gasteiger partial charge in [-0.1, -0.05) is 0 Å². The third-order valence-corrected chi connectivity index (χ3v) is 0.406. The molecule has 1 aromatic heterocycles. The molecule has 28 valence electrons. The van der Waals surface area contributed by atoms with Crippen LogP contribution in [0.5, 0.6) is 0 Å². The van der Waals surface area contributed by atoms with Crippen molar-refractivity contribution >= 4 is 51.4 Å². The molecule has 0 saturated carbocycles. The summed E-state index contributed by atoms with van der Waals surface area (Å²) in [5.74, 6) is 0. The summed E-state index contributed by atoms with van der Waals surface area (Å²) in [5, 5.41) is 6.21. The van der Waals surface area contributed by atoms with Crippen LogP contribution in [0.3, 0.4) is 0 Å². The van der Waals surface area contributed by atoms with E-state index in [2.05, 4.69) is 10.2 Å². The first-order valence-corrected chi connectivity index (χ1v) is 1.44. The molecule has 0 aliphatic rings. The summed E-state index contributed by atoms with van der Waals surface area (Å²) in [5.41, 5.74) is 0. The molecule has 1 aromatic rings. The first kappa shape index (κ1) is 6.85. The summed E-state index contributed by atoms with van der Waals surface area (Å²) >= 11 is 0. The summed E-state index contributed by atoms with van der Waals surface area (Å²) < 4.78 is 0. The van der Waals surface area contributed by atoms with E-state index in [4.69, 9.17) is 0 Å². The van der Waals surface area contributed by atoms with Gasteiger partial charge in [-0.2, -0.15) is 5.10 Å². The fourth-order valence-electron chi connectivity index (χ4n) is 0.215. The number of H-pyrrole nitrogens is 1. The number of aromatic amines is 1. The van der Waals surface area contributed by atoms with Gasteiger partial charge in [0.25, 0.3) is 0 Å². The normalized spacial score (nSPS) is 6.67. The molecule has 2 nitrogen and oxygen atoms in total. The Kier molecular flexibility index (Phi) is 4.58. The summed E-state index contributed by atoms with van der Waals surface area (Å²) in [7, 11) is 0. The molecule has 0 saturated heterocycles. The Morgan fingerprint density at radius 3 is 2.50 bits per heavy atom. The average molecular weight is 108 g/mol. The fraction of sp³-hybridized carbons (Fsp3) is 0. The maximum Gasteiger partial charge on any atom is 0.0487 e. The molecule has 1 N–H and O–H groups in total. The Bertz CT molecular complexity index is 65.3. The molecule has 0 amide bonds. The van der Waals surface area contributed by atoms with Crippen LogP contribution in [0, 0.1) is 0 Å². The molecule has 6 heavy (non-hydrogen) atoms. The molecule has 0 spiro atoms. The molecule has 1 heterocycles. The number of hydrogen-bond donors (Lipinski definition) is 1. The van der Waals surface area contributed by atoms with Gasteiger partial charge < -0.3 is 0 Å². The second kappa shape index (κ2) is 4.02. The van der Waals surface area contributed by atoms with Crippen molar-refractivity contribution in [1.82, 2.24) is 10.2 Å². The van der Waals surface area contributed by atoms with E-state index >= 15 is 0 Å². The van der Waals surface area contributed by atoms with Gasteiger partial charge in [0.2, 0.25) is 0 Å². The van der Waals surface area contributed by atoms with Crippen molar-refractivity contribution in [2.45, 2.75) is 0 Å². The predicted octanol–water partition coefficient (Wildman–Crippen LogP) is -0.239. The number of nitrogens with zero attached hydrogens (tertiary/aromatic N) is 1. The van der Waals surface area contributed by atoms with E-state index in [1.54, 1.807) is 12.4 Å². The van der Waals surface area contributed by atoms with Gasteiger partial charge in [0.05, 0.1) is 0 Å². The average Bonchev–Trinajstić information content (AvgIpc) is 1.76. The molecule has 0 aliphatic carbocycles. The maximum absolute atomic E-state index is 3.60. The van der Waals surface area contributed by atoms with Gasteiger partial charge in [0.15, 0.2) is 0 Å². The number of rotatable bonds is 0. The van der Waals surface area contributed by atoms with Crippen molar-refractivity contribution in [3.63, 3.8) is 0 Å². The Labute approximate surface area is 78.8 Å². The van der Waals surface area contributed by atoms with Crippen LogP contribution in [0.15, 0.2) is 18.5 Å². The third-order valence-electron chi connectivity index (χ3n) is 0.406. The van der Waals surface area contributed by atoms with E-state index in [-0.39, 0.29) is 51.4 Å². The molecule has 0 fully saturated rings. The first-order valence-electron chi connectivity index (χ1n) is 1.44. The van der Waals surface area contributed by atoms with Crippen molar-refractivity contribution in [2.24, 2.45) is 0 Å². The van der Waals surface area contributed by atoms with Crippen molar-refractivity contribution in [3.8, 4) is 0 Å². The van der Waals surface area contributed by atoms with E-state index in [0.29, 0.717) is 0 Å². The molecule has 0 bridgehead atoms. The zero-order valence-electron chi connectivity index (χ0n) is 2.68. The van der Waals surface area contributed by atoms with Crippen LogP contribution in [0.25, 0.3) is 0 Å². The van der Waals surface area contributed by atoms with Crippen molar-refractivity contribution in [2.75, 3.05) is 0 Å². The van der Waals surface area contributed by atoms with Crippen molar-refractivity contribution in [1.29, 1.82) is 0 Å². The van der Waals surface area contributed by atoms with E-state index < -0.39 is 0 Å². The topological polar surface area (TPSA) is 28.7 Å². The Morgan fingerprint density at radius 2 is 2.33 bits per heavy atom. The smallest absolute Gasteiger partial charge is 0.0487 e. The van der Waals surface area contributed by atoms with Gasteiger partial charge in [0.1, 0.15) is 0 Å². The van der Waals surface area contributed by atoms with Crippen LogP contribution < -0.4 is 0 Å². The molecule has 0 aromatic carbocycles. The van der Waals surface area contributed by atoms with Crippen LogP contribution in [0.2, 0.25) is 0 Å². The van der Waals surface area contributed by atoms with Crippen molar-refractivity contribution in [3.05, 3.63) is 18.5 Å². The standard InChI is InChI=1S/C3H4N2.K.H/c1-2-4-5-3-1;;/h1-3H,(H,4,5);;. The van der Waals surface area contributed by atoms with Crippen LogP contribution in [0.4, 0.5) is 0 Å². The second-order valence-corrected chi connectivity index (χ2v) is 0.766. The molecule has 1 rings (SSSR count). The minimum absolute atomic E-state index is 0. The second-order valence-electron chi connectivity index (χ2n) is 0.766. The fourth-order valence-corrected chi connectivity index (χ4v) is 0.215. The van der Waals surface area contributed by atoms with Crippen molar-refractivity contribution < 1.29 is 0 Å². The van der Waals surface area contributed by atoms with Gasteiger partial charge in [0, 0.05) is 12.4 Å². The minimum atomic E-state index is 0. The molecule has 0 atom stereocenters. The quantitative estimate of drug-likeness (QED) is 0.457. The Balaban J connectivity index is 0.000000250. The van der Waals surface area contributed by atoms with E-state index in [0.717, 1.165) is 0 Å². The summed E-state index contributed by atoms with van der Waals surface area (Å²) in [6, 6.07) is 1.83. The van der Waals surface area contributed by atoms with E-state index in [1.165, 1.54) is 0 Å². The maximum atomic E-state index is 3.60. The summed E-state index contributed by atoms with van der Waals surface area (Å²) in [6.07, 6.45) is 3.46.